The molecule has 0 amide bonds. The Morgan fingerprint density at radius 3 is 2.75 bits per heavy atom. The van der Waals surface area contributed by atoms with Crippen LogP contribution in [0.25, 0.3) is 0 Å². The molecule has 1 aliphatic rings. The van der Waals surface area contributed by atoms with E-state index in [9.17, 15) is 9.50 Å². The molecular formula is C12H16FNOS. The van der Waals surface area contributed by atoms with Crippen LogP contribution in [0.2, 0.25) is 0 Å². The van der Waals surface area contributed by atoms with Gasteiger partial charge in [0.2, 0.25) is 0 Å². The van der Waals surface area contributed by atoms with Crippen molar-refractivity contribution in [3.8, 4) is 0 Å². The number of benzene rings is 1. The van der Waals surface area contributed by atoms with E-state index in [-0.39, 0.29) is 5.82 Å². The number of nitrogens with zero attached hydrogens (tertiary/aromatic N) is 1. The molecule has 0 radical (unpaired) electrons. The van der Waals surface area contributed by atoms with E-state index < -0.39 is 5.60 Å². The first-order valence-electron chi connectivity index (χ1n) is 5.39. The lowest BCUT2D eigenvalue weighted by molar-refractivity contribution is -0.0801. The molecule has 1 aromatic carbocycles. The minimum atomic E-state index is -0.511. The van der Waals surface area contributed by atoms with Crippen LogP contribution >= 0.6 is 11.8 Å². The summed E-state index contributed by atoms with van der Waals surface area (Å²) in [5.41, 5.74) is -0.511. The highest BCUT2D eigenvalue weighted by Crippen LogP contribution is 2.24. The second kappa shape index (κ2) is 4.73. The zero-order chi connectivity index (χ0) is 11.6. The van der Waals surface area contributed by atoms with Crippen LogP contribution < -0.4 is 0 Å². The van der Waals surface area contributed by atoms with E-state index in [1.54, 1.807) is 12.1 Å². The number of aliphatic hydroxyl groups is 1. The smallest absolute Gasteiger partial charge is 0.136 e. The molecule has 4 heteroatoms. The van der Waals surface area contributed by atoms with Gasteiger partial charge in [-0.2, -0.15) is 0 Å². The summed E-state index contributed by atoms with van der Waals surface area (Å²) in [4.78, 5) is 2.88. The Bertz CT molecular complexity index is 362. The minimum absolute atomic E-state index is 0.150. The van der Waals surface area contributed by atoms with Crippen molar-refractivity contribution in [2.24, 2.45) is 0 Å². The van der Waals surface area contributed by atoms with Crippen LogP contribution in [0.4, 0.5) is 4.39 Å². The molecular weight excluding hydrogens is 225 g/mol. The van der Waals surface area contributed by atoms with Crippen molar-refractivity contribution in [2.45, 2.75) is 17.4 Å². The maximum absolute atomic E-state index is 13.3. The zero-order valence-electron chi connectivity index (χ0n) is 9.32. The summed E-state index contributed by atoms with van der Waals surface area (Å²) in [5.74, 6) is 0.708. The van der Waals surface area contributed by atoms with Crippen molar-refractivity contribution < 1.29 is 9.50 Å². The van der Waals surface area contributed by atoms with Crippen LogP contribution in [0.1, 0.15) is 6.92 Å². The molecule has 16 heavy (non-hydrogen) atoms. The number of hydrogen-bond donors (Lipinski definition) is 1. The second-order valence-corrected chi connectivity index (χ2v) is 5.62. The maximum Gasteiger partial charge on any atom is 0.136 e. The van der Waals surface area contributed by atoms with Gasteiger partial charge in [0.15, 0.2) is 0 Å². The normalized spacial score (nSPS) is 19.4. The number of likely N-dealkylation sites (tertiary alicyclic amines) is 1. The SMILES string of the molecule is CC1(O)CN(CCSc2ccccc2F)C1. The molecule has 2 rings (SSSR count). The van der Waals surface area contributed by atoms with Crippen molar-refractivity contribution in [1.82, 2.24) is 4.90 Å². The molecule has 1 aliphatic heterocycles. The Balaban J connectivity index is 1.71. The summed E-state index contributed by atoms with van der Waals surface area (Å²) in [5, 5.41) is 9.54. The maximum atomic E-state index is 13.3. The molecule has 0 unspecified atom stereocenters. The van der Waals surface area contributed by atoms with Crippen LogP contribution in [0.15, 0.2) is 29.2 Å². The Morgan fingerprint density at radius 1 is 1.44 bits per heavy atom. The number of β-amino-alcohol motifs (C(OH)–C–C–N with tert-alkyl or cyclic N) is 1. The molecule has 1 heterocycles. The van der Waals surface area contributed by atoms with E-state index in [0.29, 0.717) is 4.90 Å². The molecule has 0 aliphatic carbocycles. The van der Waals surface area contributed by atoms with Gasteiger partial charge in [0.05, 0.1) is 5.60 Å². The highest BCUT2D eigenvalue weighted by Gasteiger charge is 2.35. The van der Waals surface area contributed by atoms with Crippen molar-refractivity contribution in [1.29, 1.82) is 0 Å². The molecule has 1 fully saturated rings. The molecule has 1 aromatic rings. The lowest BCUT2D eigenvalue weighted by Gasteiger charge is -2.44. The van der Waals surface area contributed by atoms with Crippen LogP contribution in [0.3, 0.4) is 0 Å². The van der Waals surface area contributed by atoms with Gasteiger partial charge in [-0.15, -0.1) is 11.8 Å². The number of halogens is 1. The Morgan fingerprint density at radius 2 is 2.12 bits per heavy atom. The second-order valence-electron chi connectivity index (χ2n) is 4.49. The van der Waals surface area contributed by atoms with Crippen LogP contribution in [-0.4, -0.2) is 41.0 Å². The van der Waals surface area contributed by atoms with Gasteiger partial charge >= 0.3 is 0 Å². The van der Waals surface area contributed by atoms with Gasteiger partial charge in [-0.05, 0) is 19.1 Å². The van der Waals surface area contributed by atoms with E-state index in [4.69, 9.17) is 0 Å². The van der Waals surface area contributed by atoms with Crippen molar-refractivity contribution in [3.05, 3.63) is 30.1 Å². The molecule has 1 saturated heterocycles. The molecule has 88 valence electrons. The topological polar surface area (TPSA) is 23.5 Å². The summed E-state index contributed by atoms with van der Waals surface area (Å²) in [6, 6.07) is 6.83. The molecule has 2 nitrogen and oxygen atoms in total. The average molecular weight is 241 g/mol. The van der Waals surface area contributed by atoms with Crippen LogP contribution in [-0.2, 0) is 0 Å². The van der Waals surface area contributed by atoms with E-state index in [0.717, 1.165) is 25.4 Å². The van der Waals surface area contributed by atoms with E-state index in [2.05, 4.69) is 4.90 Å². The first kappa shape index (κ1) is 11.9. The average Bonchev–Trinajstić information content (AvgIpc) is 2.18. The van der Waals surface area contributed by atoms with Crippen molar-refractivity contribution >= 4 is 11.8 Å². The van der Waals surface area contributed by atoms with Gasteiger partial charge in [0.1, 0.15) is 5.82 Å². The summed E-state index contributed by atoms with van der Waals surface area (Å²) in [6.07, 6.45) is 0. The van der Waals surface area contributed by atoms with Gasteiger partial charge in [-0.1, -0.05) is 12.1 Å². The number of thioether (sulfide) groups is 1. The highest BCUT2D eigenvalue weighted by atomic mass is 32.2. The third kappa shape index (κ3) is 2.97. The summed E-state index contributed by atoms with van der Waals surface area (Å²) in [7, 11) is 0. The number of hydrogen-bond acceptors (Lipinski definition) is 3. The monoisotopic (exact) mass is 241 g/mol. The van der Waals surface area contributed by atoms with Crippen molar-refractivity contribution in [2.75, 3.05) is 25.4 Å². The zero-order valence-corrected chi connectivity index (χ0v) is 10.1. The molecule has 0 spiro atoms. The number of rotatable bonds is 4. The molecule has 0 aromatic heterocycles. The fraction of sp³-hybridized carbons (Fsp3) is 0.500. The standard InChI is InChI=1S/C12H16FNOS/c1-12(15)8-14(9-12)6-7-16-11-5-3-2-4-10(11)13/h2-5,15H,6-9H2,1H3. The lowest BCUT2D eigenvalue weighted by atomic mass is 9.97. The first-order valence-corrected chi connectivity index (χ1v) is 6.37. The lowest BCUT2D eigenvalue weighted by Crippen LogP contribution is -2.60. The molecule has 1 N–H and O–H groups in total. The summed E-state index contributed by atoms with van der Waals surface area (Å²) < 4.78 is 13.3. The minimum Gasteiger partial charge on any atom is -0.388 e. The van der Waals surface area contributed by atoms with Gasteiger partial charge in [-0.3, -0.25) is 4.90 Å². The predicted octanol–water partition coefficient (Wildman–Crippen LogP) is 1.98. The Labute approximate surface area is 99.5 Å². The fourth-order valence-corrected chi connectivity index (χ4v) is 2.87. The fourth-order valence-electron chi connectivity index (χ4n) is 1.92. The van der Waals surface area contributed by atoms with Crippen LogP contribution in [0.5, 0.6) is 0 Å². The first-order chi connectivity index (χ1) is 7.57. The van der Waals surface area contributed by atoms with Crippen LogP contribution in [0, 0.1) is 5.82 Å². The van der Waals surface area contributed by atoms with Gasteiger partial charge in [-0.25, -0.2) is 4.39 Å². The largest absolute Gasteiger partial charge is 0.388 e. The summed E-state index contributed by atoms with van der Waals surface area (Å²) >= 11 is 1.53. The van der Waals surface area contributed by atoms with E-state index in [1.165, 1.54) is 17.8 Å². The van der Waals surface area contributed by atoms with Gasteiger partial charge in [0, 0.05) is 30.3 Å². The molecule has 0 bridgehead atoms. The van der Waals surface area contributed by atoms with Gasteiger partial charge < -0.3 is 5.11 Å². The third-order valence-electron chi connectivity index (χ3n) is 2.63. The summed E-state index contributed by atoms with van der Waals surface area (Å²) in [6.45, 7) is 4.19. The molecule has 0 saturated carbocycles. The van der Waals surface area contributed by atoms with Gasteiger partial charge in [0.25, 0.3) is 0 Å². The quantitative estimate of drug-likeness (QED) is 0.815. The Hall–Kier alpha value is -0.580. The van der Waals surface area contributed by atoms with E-state index >= 15 is 0 Å². The Kier molecular flexibility index (Phi) is 3.52. The highest BCUT2D eigenvalue weighted by molar-refractivity contribution is 7.99. The molecule has 0 atom stereocenters. The predicted molar refractivity (Wildman–Crippen MR) is 64.2 cm³/mol. The third-order valence-corrected chi connectivity index (χ3v) is 3.66. The van der Waals surface area contributed by atoms with E-state index in [1.807, 2.05) is 13.0 Å². The van der Waals surface area contributed by atoms with Crippen molar-refractivity contribution in [3.63, 3.8) is 0 Å².